The minimum atomic E-state index is -0.290. The molecule has 140 valence electrons. The third kappa shape index (κ3) is 3.59. The summed E-state index contributed by atoms with van der Waals surface area (Å²) in [6, 6.07) is 14.3. The van der Waals surface area contributed by atoms with Gasteiger partial charge in [0.15, 0.2) is 0 Å². The molecule has 0 amide bonds. The Labute approximate surface area is 160 Å². The van der Waals surface area contributed by atoms with Gasteiger partial charge in [-0.1, -0.05) is 18.2 Å². The van der Waals surface area contributed by atoms with Crippen LogP contribution in [0.5, 0.6) is 5.75 Å². The van der Waals surface area contributed by atoms with Crippen molar-refractivity contribution in [3.8, 4) is 5.75 Å². The van der Waals surface area contributed by atoms with Crippen molar-refractivity contribution < 1.29 is 4.74 Å². The molecule has 2 aromatic heterocycles. The van der Waals surface area contributed by atoms with Crippen molar-refractivity contribution in [2.45, 2.75) is 51.0 Å². The highest BCUT2D eigenvalue weighted by Gasteiger charge is 2.36. The summed E-state index contributed by atoms with van der Waals surface area (Å²) in [7, 11) is 1.69. The van der Waals surface area contributed by atoms with Gasteiger partial charge in [0.05, 0.1) is 18.2 Å². The summed E-state index contributed by atoms with van der Waals surface area (Å²) in [4.78, 5) is 4.58. The molecular formula is C22H26N4O. The molecule has 5 nitrogen and oxygen atoms in total. The van der Waals surface area contributed by atoms with E-state index >= 15 is 0 Å². The monoisotopic (exact) mass is 362 g/mol. The number of hydrogen-bond donors (Lipinski definition) is 0. The Morgan fingerprint density at radius 3 is 2.48 bits per heavy atom. The van der Waals surface area contributed by atoms with Gasteiger partial charge < -0.3 is 9.30 Å². The van der Waals surface area contributed by atoms with Crippen LogP contribution in [-0.2, 0) is 18.4 Å². The SMILES string of the molecule is COc1ccc(CCn2c(C3CC3)nnc2C(C)(C)c2ccccn2)cc1. The van der Waals surface area contributed by atoms with Crippen LogP contribution in [0.2, 0.25) is 0 Å². The molecule has 27 heavy (non-hydrogen) atoms. The molecule has 0 bridgehead atoms. The molecule has 0 atom stereocenters. The van der Waals surface area contributed by atoms with Crippen molar-refractivity contribution in [2.24, 2.45) is 0 Å². The zero-order valence-electron chi connectivity index (χ0n) is 16.2. The van der Waals surface area contributed by atoms with Crippen molar-refractivity contribution in [2.75, 3.05) is 7.11 Å². The van der Waals surface area contributed by atoms with Gasteiger partial charge in [-0.25, -0.2) is 0 Å². The van der Waals surface area contributed by atoms with Crippen LogP contribution in [0.3, 0.4) is 0 Å². The van der Waals surface area contributed by atoms with Crippen LogP contribution >= 0.6 is 0 Å². The van der Waals surface area contributed by atoms with E-state index in [1.165, 1.54) is 18.4 Å². The minimum absolute atomic E-state index is 0.290. The van der Waals surface area contributed by atoms with E-state index in [1.807, 2.05) is 30.5 Å². The van der Waals surface area contributed by atoms with Crippen LogP contribution in [0.1, 0.15) is 55.5 Å². The second kappa shape index (κ2) is 7.14. The lowest BCUT2D eigenvalue weighted by atomic mass is 9.87. The average molecular weight is 362 g/mol. The second-order valence-corrected chi connectivity index (χ2v) is 7.75. The first-order valence-electron chi connectivity index (χ1n) is 9.57. The fourth-order valence-corrected chi connectivity index (χ4v) is 3.52. The predicted molar refractivity (Wildman–Crippen MR) is 105 cm³/mol. The van der Waals surface area contributed by atoms with Crippen LogP contribution in [0, 0.1) is 0 Å². The topological polar surface area (TPSA) is 52.8 Å². The van der Waals surface area contributed by atoms with Crippen molar-refractivity contribution in [1.29, 1.82) is 0 Å². The average Bonchev–Trinajstić information content (AvgIpc) is 3.46. The molecule has 1 aliphatic carbocycles. The third-order valence-electron chi connectivity index (χ3n) is 5.37. The maximum Gasteiger partial charge on any atom is 0.144 e. The van der Waals surface area contributed by atoms with Crippen LogP contribution < -0.4 is 4.74 Å². The number of benzene rings is 1. The Morgan fingerprint density at radius 2 is 1.85 bits per heavy atom. The summed E-state index contributed by atoms with van der Waals surface area (Å²) in [5, 5.41) is 9.19. The van der Waals surface area contributed by atoms with Gasteiger partial charge in [0, 0.05) is 18.7 Å². The van der Waals surface area contributed by atoms with E-state index in [4.69, 9.17) is 4.74 Å². The maximum absolute atomic E-state index is 5.26. The lowest BCUT2D eigenvalue weighted by molar-refractivity contribution is 0.414. The number of ether oxygens (including phenoxy) is 1. The molecule has 0 saturated heterocycles. The van der Waals surface area contributed by atoms with Crippen molar-refractivity contribution in [3.63, 3.8) is 0 Å². The molecule has 1 fully saturated rings. The number of rotatable bonds is 7. The molecular weight excluding hydrogens is 336 g/mol. The molecule has 0 unspecified atom stereocenters. The number of aromatic nitrogens is 4. The number of methoxy groups -OCH3 is 1. The van der Waals surface area contributed by atoms with E-state index in [0.717, 1.165) is 36.1 Å². The first-order valence-corrected chi connectivity index (χ1v) is 9.57. The quantitative estimate of drug-likeness (QED) is 0.634. The molecule has 1 aliphatic rings. The Balaban J connectivity index is 1.63. The summed E-state index contributed by atoms with van der Waals surface area (Å²) >= 11 is 0. The smallest absolute Gasteiger partial charge is 0.144 e. The highest BCUT2D eigenvalue weighted by Crippen LogP contribution is 2.41. The fraction of sp³-hybridized carbons (Fsp3) is 0.409. The van der Waals surface area contributed by atoms with Crippen LogP contribution in [0.15, 0.2) is 48.7 Å². The van der Waals surface area contributed by atoms with Gasteiger partial charge in [0.25, 0.3) is 0 Å². The highest BCUT2D eigenvalue weighted by atomic mass is 16.5. The zero-order chi connectivity index (χ0) is 18.9. The lowest BCUT2D eigenvalue weighted by Crippen LogP contribution is -2.26. The number of aryl methyl sites for hydroxylation is 1. The van der Waals surface area contributed by atoms with Gasteiger partial charge in [0.1, 0.15) is 17.4 Å². The normalized spacial score (nSPS) is 14.3. The summed E-state index contributed by atoms with van der Waals surface area (Å²) in [6.07, 6.45) is 5.21. The molecule has 0 N–H and O–H groups in total. The van der Waals surface area contributed by atoms with Crippen molar-refractivity contribution in [1.82, 2.24) is 19.7 Å². The van der Waals surface area contributed by atoms with E-state index in [2.05, 4.69) is 51.8 Å². The van der Waals surface area contributed by atoms with E-state index in [1.54, 1.807) is 7.11 Å². The molecule has 5 heteroatoms. The van der Waals surface area contributed by atoms with Gasteiger partial charge in [-0.3, -0.25) is 4.98 Å². The van der Waals surface area contributed by atoms with E-state index in [9.17, 15) is 0 Å². The number of nitrogens with zero attached hydrogens (tertiary/aromatic N) is 4. The van der Waals surface area contributed by atoms with Gasteiger partial charge in [0.2, 0.25) is 0 Å². The zero-order valence-corrected chi connectivity index (χ0v) is 16.2. The van der Waals surface area contributed by atoms with Crippen LogP contribution in [0.4, 0.5) is 0 Å². The van der Waals surface area contributed by atoms with Gasteiger partial charge in [-0.2, -0.15) is 0 Å². The lowest BCUT2D eigenvalue weighted by Gasteiger charge is -2.24. The predicted octanol–water partition coefficient (Wildman–Crippen LogP) is 4.13. The highest BCUT2D eigenvalue weighted by molar-refractivity contribution is 5.29. The molecule has 0 aliphatic heterocycles. The van der Waals surface area contributed by atoms with Gasteiger partial charge in [-0.15, -0.1) is 10.2 Å². The Bertz CT molecular complexity index is 896. The molecule has 1 aromatic carbocycles. The minimum Gasteiger partial charge on any atom is -0.497 e. The van der Waals surface area contributed by atoms with Crippen molar-refractivity contribution >= 4 is 0 Å². The summed E-state index contributed by atoms with van der Waals surface area (Å²) in [5.41, 5.74) is 2.01. The first kappa shape index (κ1) is 17.7. The Morgan fingerprint density at radius 1 is 1.07 bits per heavy atom. The van der Waals surface area contributed by atoms with Crippen LogP contribution in [0.25, 0.3) is 0 Å². The molecule has 3 aromatic rings. The summed E-state index contributed by atoms with van der Waals surface area (Å²) in [5.74, 6) is 3.57. The van der Waals surface area contributed by atoms with Gasteiger partial charge >= 0.3 is 0 Å². The molecule has 0 radical (unpaired) electrons. The molecule has 0 spiro atoms. The second-order valence-electron chi connectivity index (χ2n) is 7.75. The largest absolute Gasteiger partial charge is 0.497 e. The van der Waals surface area contributed by atoms with E-state index in [0.29, 0.717) is 5.92 Å². The molecule has 1 saturated carbocycles. The van der Waals surface area contributed by atoms with Crippen LogP contribution in [-0.4, -0.2) is 26.9 Å². The van der Waals surface area contributed by atoms with E-state index in [-0.39, 0.29) is 5.41 Å². The number of pyridine rings is 1. The first-order chi connectivity index (χ1) is 13.1. The summed E-state index contributed by atoms with van der Waals surface area (Å²) in [6.45, 7) is 5.23. The standard InChI is InChI=1S/C22H26N4O/c1-22(2,19-6-4-5-14-23-19)21-25-24-20(17-9-10-17)26(21)15-13-16-7-11-18(27-3)12-8-16/h4-8,11-12,14,17H,9-10,13,15H2,1-3H3. The third-order valence-corrected chi connectivity index (χ3v) is 5.37. The Hall–Kier alpha value is -2.69. The van der Waals surface area contributed by atoms with Gasteiger partial charge in [-0.05, 0) is 62.9 Å². The van der Waals surface area contributed by atoms with Crippen molar-refractivity contribution in [3.05, 3.63) is 71.6 Å². The Kier molecular flexibility index (Phi) is 4.68. The summed E-state index contributed by atoms with van der Waals surface area (Å²) < 4.78 is 7.59. The number of hydrogen-bond acceptors (Lipinski definition) is 4. The fourth-order valence-electron chi connectivity index (χ4n) is 3.52. The molecule has 4 rings (SSSR count). The van der Waals surface area contributed by atoms with E-state index < -0.39 is 0 Å². The molecule has 2 heterocycles. The maximum atomic E-state index is 5.26.